The fraction of sp³-hybridized carbons (Fsp3) is 0.308. The van der Waals surface area contributed by atoms with Gasteiger partial charge in [-0.3, -0.25) is 9.59 Å². The number of aliphatic carboxylic acids is 1. The van der Waals surface area contributed by atoms with E-state index in [0.29, 0.717) is 5.75 Å². The summed E-state index contributed by atoms with van der Waals surface area (Å²) in [6, 6.07) is 7.77. The summed E-state index contributed by atoms with van der Waals surface area (Å²) in [5.74, 6) is -1.58. The van der Waals surface area contributed by atoms with E-state index in [-0.39, 0.29) is 12.3 Å². The standard InChI is InChI=1S/C13H14N2O3S2/c1-14-11(16)6-8(12(17)18)7-19-13-15-9-4-2-3-5-10(9)20-13/h2-5,8H,6-7H2,1H3,(H,14,16)(H,17,18). The number of nitrogens with zero attached hydrogens (tertiary/aromatic N) is 1. The number of aromatic nitrogens is 1. The first-order valence-corrected chi connectivity index (χ1v) is 7.82. The van der Waals surface area contributed by atoms with Gasteiger partial charge in [-0.15, -0.1) is 11.3 Å². The van der Waals surface area contributed by atoms with Crippen LogP contribution in [0.4, 0.5) is 0 Å². The molecule has 0 radical (unpaired) electrons. The van der Waals surface area contributed by atoms with Gasteiger partial charge in [0.2, 0.25) is 5.91 Å². The third-order valence-corrected chi connectivity index (χ3v) is 5.08. The summed E-state index contributed by atoms with van der Waals surface area (Å²) in [7, 11) is 1.50. The topological polar surface area (TPSA) is 79.3 Å². The van der Waals surface area contributed by atoms with Gasteiger partial charge in [0.1, 0.15) is 0 Å². The molecule has 1 aromatic carbocycles. The molecule has 0 saturated heterocycles. The smallest absolute Gasteiger partial charge is 0.307 e. The highest BCUT2D eigenvalue weighted by molar-refractivity contribution is 8.01. The van der Waals surface area contributed by atoms with Gasteiger partial charge in [0, 0.05) is 19.2 Å². The zero-order chi connectivity index (χ0) is 14.5. The minimum Gasteiger partial charge on any atom is -0.481 e. The zero-order valence-electron chi connectivity index (χ0n) is 10.8. The van der Waals surface area contributed by atoms with Gasteiger partial charge in [0.05, 0.1) is 16.1 Å². The van der Waals surface area contributed by atoms with Crippen molar-refractivity contribution < 1.29 is 14.7 Å². The molecule has 0 aliphatic rings. The largest absolute Gasteiger partial charge is 0.481 e. The van der Waals surface area contributed by atoms with Crippen molar-refractivity contribution in [1.29, 1.82) is 0 Å². The first-order chi connectivity index (χ1) is 9.60. The molecule has 2 rings (SSSR count). The minimum atomic E-state index is -0.956. The number of benzene rings is 1. The molecule has 0 aliphatic carbocycles. The summed E-state index contributed by atoms with van der Waals surface area (Å²) in [5, 5.41) is 11.6. The molecular formula is C13H14N2O3S2. The molecule has 7 heteroatoms. The van der Waals surface area contributed by atoms with Crippen molar-refractivity contribution in [2.75, 3.05) is 12.8 Å². The van der Waals surface area contributed by atoms with Gasteiger partial charge in [0.15, 0.2) is 4.34 Å². The molecule has 0 bridgehead atoms. The molecular weight excluding hydrogens is 296 g/mol. The van der Waals surface area contributed by atoms with Gasteiger partial charge in [-0.05, 0) is 12.1 Å². The lowest BCUT2D eigenvalue weighted by Crippen LogP contribution is -2.26. The summed E-state index contributed by atoms with van der Waals surface area (Å²) < 4.78 is 1.91. The molecule has 0 fully saturated rings. The van der Waals surface area contributed by atoms with Crippen LogP contribution >= 0.6 is 23.1 Å². The fourth-order valence-corrected chi connectivity index (χ4v) is 3.80. The Balaban J connectivity index is 2.01. The summed E-state index contributed by atoms with van der Waals surface area (Å²) in [6.07, 6.45) is -0.0102. The second-order valence-corrected chi connectivity index (χ2v) is 6.47. The number of fused-ring (bicyclic) bond motifs is 1. The van der Waals surface area contributed by atoms with Crippen LogP contribution in [0.5, 0.6) is 0 Å². The number of rotatable bonds is 6. The Morgan fingerprint density at radius 3 is 2.85 bits per heavy atom. The monoisotopic (exact) mass is 310 g/mol. The molecule has 1 aromatic heterocycles. The van der Waals surface area contributed by atoms with Crippen LogP contribution in [0.2, 0.25) is 0 Å². The Bertz CT molecular complexity index is 594. The third-order valence-electron chi connectivity index (χ3n) is 2.74. The van der Waals surface area contributed by atoms with E-state index in [2.05, 4.69) is 10.3 Å². The first kappa shape index (κ1) is 14.8. The molecule has 5 nitrogen and oxygen atoms in total. The van der Waals surface area contributed by atoms with E-state index < -0.39 is 11.9 Å². The zero-order valence-corrected chi connectivity index (χ0v) is 12.5. The molecule has 0 saturated carbocycles. The van der Waals surface area contributed by atoms with Crippen LogP contribution in [0.3, 0.4) is 0 Å². The number of para-hydroxylation sites is 1. The minimum absolute atomic E-state index is 0.0102. The van der Waals surface area contributed by atoms with E-state index in [9.17, 15) is 9.59 Å². The number of amides is 1. The number of carbonyl (C=O) groups is 2. The quantitative estimate of drug-likeness (QED) is 0.800. The van der Waals surface area contributed by atoms with E-state index in [1.807, 2.05) is 24.3 Å². The van der Waals surface area contributed by atoms with Crippen LogP contribution in [0.25, 0.3) is 10.2 Å². The first-order valence-electron chi connectivity index (χ1n) is 6.02. The van der Waals surface area contributed by atoms with Gasteiger partial charge in [-0.1, -0.05) is 23.9 Å². The predicted octanol–water partition coefficient (Wildman–Crippen LogP) is 2.23. The average Bonchev–Trinajstić information content (AvgIpc) is 2.85. The number of carboxylic acids is 1. The lowest BCUT2D eigenvalue weighted by atomic mass is 10.1. The number of hydrogen-bond donors (Lipinski definition) is 2. The molecule has 106 valence electrons. The number of nitrogens with one attached hydrogen (secondary N) is 1. The van der Waals surface area contributed by atoms with Crippen molar-refractivity contribution in [2.45, 2.75) is 10.8 Å². The van der Waals surface area contributed by atoms with Crippen molar-refractivity contribution in [3.63, 3.8) is 0 Å². The molecule has 0 aliphatic heterocycles. The average molecular weight is 310 g/mol. The molecule has 1 unspecified atom stereocenters. The van der Waals surface area contributed by atoms with Crippen molar-refractivity contribution in [2.24, 2.45) is 5.92 Å². The van der Waals surface area contributed by atoms with Crippen LogP contribution in [0.1, 0.15) is 6.42 Å². The van der Waals surface area contributed by atoms with Crippen LogP contribution in [0, 0.1) is 5.92 Å². The van der Waals surface area contributed by atoms with Crippen molar-refractivity contribution in [3.8, 4) is 0 Å². The summed E-state index contributed by atoms with van der Waals surface area (Å²) in [5.41, 5.74) is 0.915. The fourth-order valence-electron chi connectivity index (χ4n) is 1.63. The maximum Gasteiger partial charge on any atom is 0.307 e. The van der Waals surface area contributed by atoms with Crippen LogP contribution < -0.4 is 5.32 Å². The normalized spacial score (nSPS) is 12.2. The Morgan fingerprint density at radius 1 is 1.45 bits per heavy atom. The number of thioether (sulfide) groups is 1. The van der Waals surface area contributed by atoms with Gasteiger partial charge < -0.3 is 10.4 Å². The molecule has 2 N–H and O–H groups in total. The summed E-state index contributed by atoms with van der Waals surface area (Å²) in [4.78, 5) is 26.8. The SMILES string of the molecule is CNC(=O)CC(CSc1nc2ccccc2s1)C(=O)O. The molecule has 1 atom stereocenters. The lowest BCUT2D eigenvalue weighted by molar-refractivity contribution is -0.143. The van der Waals surface area contributed by atoms with E-state index in [4.69, 9.17) is 5.11 Å². The molecule has 1 heterocycles. The molecule has 0 spiro atoms. The Morgan fingerprint density at radius 2 is 2.20 bits per heavy atom. The van der Waals surface area contributed by atoms with Crippen LogP contribution in [-0.4, -0.2) is 34.8 Å². The maximum absolute atomic E-state index is 11.3. The molecule has 1 amide bonds. The molecule has 20 heavy (non-hydrogen) atoms. The van der Waals surface area contributed by atoms with Crippen molar-refractivity contribution in [3.05, 3.63) is 24.3 Å². The third kappa shape index (κ3) is 3.71. The summed E-state index contributed by atoms with van der Waals surface area (Å²) >= 11 is 2.92. The lowest BCUT2D eigenvalue weighted by Gasteiger charge is -2.09. The Labute approximate surface area is 124 Å². The van der Waals surface area contributed by atoms with E-state index in [1.54, 1.807) is 0 Å². The number of hydrogen-bond acceptors (Lipinski definition) is 5. The van der Waals surface area contributed by atoms with Crippen molar-refractivity contribution >= 4 is 45.2 Å². The van der Waals surface area contributed by atoms with Gasteiger partial charge in [-0.2, -0.15) is 0 Å². The number of carboxylic acid groups (broad SMARTS) is 1. The number of thiazole rings is 1. The van der Waals surface area contributed by atoms with Crippen LogP contribution in [-0.2, 0) is 9.59 Å². The van der Waals surface area contributed by atoms with Crippen LogP contribution in [0.15, 0.2) is 28.6 Å². The predicted molar refractivity (Wildman–Crippen MR) is 80.2 cm³/mol. The highest BCUT2D eigenvalue weighted by Crippen LogP contribution is 2.30. The van der Waals surface area contributed by atoms with E-state index in [1.165, 1.54) is 30.1 Å². The van der Waals surface area contributed by atoms with Crippen molar-refractivity contribution in [1.82, 2.24) is 10.3 Å². The van der Waals surface area contributed by atoms with E-state index >= 15 is 0 Å². The van der Waals surface area contributed by atoms with Gasteiger partial charge in [0.25, 0.3) is 0 Å². The second kappa shape index (κ2) is 6.71. The summed E-state index contributed by atoms with van der Waals surface area (Å²) in [6.45, 7) is 0. The number of carbonyl (C=O) groups excluding carboxylic acids is 1. The van der Waals surface area contributed by atoms with Gasteiger partial charge in [-0.25, -0.2) is 4.98 Å². The van der Waals surface area contributed by atoms with E-state index in [0.717, 1.165) is 14.6 Å². The second-order valence-electron chi connectivity index (χ2n) is 4.17. The Kier molecular flexibility index (Phi) is 4.97. The Hall–Kier alpha value is -1.60. The maximum atomic E-state index is 11.3. The van der Waals surface area contributed by atoms with Gasteiger partial charge >= 0.3 is 5.97 Å². The highest BCUT2D eigenvalue weighted by atomic mass is 32.2. The molecule has 2 aromatic rings. The highest BCUT2D eigenvalue weighted by Gasteiger charge is 2.21.